The molecule has 0 saturated carbocycles. The van der Waals surface area contributed by atoms with Crippen LogP contribution in [0, 0.1) is 0 Å². The number of ether oxygens (including phenoxy) is 1. The van der Waals surface area contributed by atoms with Crippen LogP contribution in [0.25, 0.3) is 10.8 Å². The summed E-state index contributed by atoms with van der Waals surface area (Å²) in [7, 11) is 1.79. The average molecular weight is 354 g/mol. The molecule has 4 heteroatoms. The first-order chi connectivity index (χ1) is 12.1. The Kier molecular flexibility index (Phi) is 5.25. The van der Waals surface area contributed by atoms with Crippen LogP contribution in [-0.4, -0.2) is 24.5 Å². The molecule has 0 spiro atoms. The van der Waals surface area contributed by atoms with Gasteiger partial charge in [-0.2, -0.15) is 0 Å². The molecule has 0 fully saturated rings. The molecule has 1 amide bonds. The number of benzene rings is 3. The predicted molar refractivity (Wildman–Crippen MR) is 102 cm³/mol. The third-order valence-electron chi connectivity index (χ3n) is 4.03. The largest absolute Gasteiger partial charge is 0.493 e. The van der Waals surface area contributed by atoms with Gasteiger partial charge in [-0.1, -0.05) is 48.0 Å². The van der Waals surface area contributed by atoms with Crippen LogP contribution in [0.15, 0.2) is 60.7 Å². The zero-order valence-corrected chi connectivity index (χ0v) is 15.1. The van der Waals surface area contributed by atoms with E-state index < -0.39 is 0 Å². The average Bonchev–Trinajstić information content (AvgIpc) is 2.61. The fourth-order valence-corrected chi connectivity index (χ4v) is 3.06. The quantitative estimate of drug-likeness (QED) is 0.633. The number of nitrogens with zero attached hydrogens (tertiary/aromatic N) is 1. The lowest BCUT2D eigenvalue weighted by Gasteiger charge is -2.20. The van der Waals surface area contributed by atoms with Crippen LogP contribution in [0.5, 0.6) is 5.75 Å². The van der Waals surface area contributed by atoms with Gasteiger partial charge in [0.15, 0.2) is 0 Å². The lowest BCUT2D eigenvalue weighted by Crippen LogP contribution is -2.26. The van der Waals surface area contributed by atoms with Crippen molar-refractivity contribution in [1.29, 1.82) is 0 Å². The number of amides is 1. The highest BCUT2D eigenvalue weighted by Crippen LogP contribution is 2.27. The molecular weight excluding hydrogens is 334 g/mol. The van der Waals surface area contributed by atoms with Gasteiger partial charge in [-0.05, 0) is 47.5 Å². The first-order valence-electron chi connectivity index (χ1n) is 8.24. The van der Waals surface area contributed by atoms with Crippen LogP contribution in [-0.2, 0) is 6.54 Å². The molecule has 0 atom stereocenters. The Morgan fingerprint density at radius 3 is 2.44 bits per heavy atom. The van der Waals surface area contributed by atoms with Crippen LogP contribution < -0.4 is 4.74 Å². The van der Waals surface area contributed by atoms with Crippen molar-refractivity contribution < 1.29 is 9.53 Å². The number of rotatable bonds is 5. The lowest BCUT2D eigenvalue weighted by molar-refractivity contribution is 0.0781. The second-order valence-corrected chi connectivity index (χ2v) is 6.36. The second kappa shape index (κ2) is 7.58. The zero-order valence-electron chi connectivity index (χ0n) is 14.3. The maximum Gasteiger partial charge on any atom is 0.257 e. The van der Waals surface area contributed by atoms with Crippen molar-refractivity contribution in [1.82, 2.24) is 4.90 Å². The summed E-state index contributed by atoms with van der Waals surface area (Å²) in [6.45, 7) is 2.91. The summed E-state index contributed by atoms with van der Waals surface area (Å²) in [5.74, 6) is 0.540. The highest BCUT2D eigenvalue weighted by atomic mass is 35.5. The fraction of sp³-hybridized carbons (Fsp3) is 0.190. The molecule has 0 aliphatic rings. The number of hydrogen-bond donors (Lipinski definition) is 0. The van der Waals surface area contributed by atoms with Gasteiger partial charge >= 0.3 is 0 Å². The van der Waals surface area contributed by atoms with E-state index in [1.54, 1.807) is 11.9 Å². The van der Waals surface area contributed by atoms with E-state index in [0.29, 0.717) is 29.5 Å². The van der Waals surface area contributed by atoms with Crippen molar-refractivity contribution in [3.8, 4) is 5.75 Å². The first kappa shape index (κ1) is 17.3. The molecule has 0 N–H and O–H groups in total. The van der Waals surface area contributed by atoms with Gasteiger partial charge in [-0.25, -0.2) is 0 Å². The van der Waals surface area contributed by atoms with Gasteiger partial charge in [-0.3, -0.25) is 4.79 Å². The van der Waals surface area contributed by atoms with Crippen LogP contribution in [0.1, 0.15) is 22.8 Å². The van der Waals surface area contributed by atoms with Crippen LogP contribution in [0.4, 0.5) is 0 Å². The first-order valence-corrected chi connectivity index (χ1v) is 8.61. The summed E-state index contributed by atoms with van der Waals surface area (Å²) >= 11 is 6.03. The molecule has 25 heavy (non-hydrogen) atoms. The lowest BCUT2D eigenvalue weighted by atomic mass is 10.0. The summed E-state index contributed by atoms with van der Waals surface area (Å²) in [6.07, 6.45) is 0. The molecule has 128 valence electrons. The molecule has 3 aromatic rings. The van der Waals surface area contributed by atoms with Gasteiger partial charge in [0.05, 0.1) is 12.2 Å². The molecule has 0 radical (unpaired) electrons. The Morgan fingerprint density at radius 1 is 1.04 bits per heavy atom. The molecule has 0 bridgehead atoms. The topological polar surface area (TPSA) is 29.5 Å². The number of carbonyl (C=O) groups is 1. The van der Waals surface area contributed by atoms with E-state index in [4.69, 9.17) is 16.3 Å². The molecule has 0 saturated heterocycles. The van der Waals surface area contributed by atoms with E-state index in [2.05, 4.69) is 0 Å². The molecule has 0 aromatic heterocycles. The third-order valence-corrected chi connectivity index (χ3v) is 4.27. The van der Waals surface area contributed by atoms with Gasteiger partial charge in [0.1, 0.15) is 5.75 Å². The van der Waals surface area contributed by atoms with Gasteiger partial charge in [0.25, 0.3) is 5.91 Å². The van der Waals surface area contributed by atoms with E-state index >= 15 is 0 Å². The van der Waals surface area contributed by atoms with Crippen molar-refractivity contribution in [2.24, 2.45) is 0 Å². The fourth-order valence-electron chi connectivity index (χ4n) is 2.85. The number of fused-ring (bicyclic) bond motifs is 1. The molecule has 0 heterocycles. The van der Waals surface area contributed by atoms with Crippen LogP contribution >= 0.6 is 11.6 Å². The number of hydrogen-bond acceptors (Lipinski definition) is 2. The molecular formula is C21H20ClNO2. The predicted octanol–water partition coefficient (Wildman–Crippen LogP) is 5.16. The van der Waals surface area contributed by atoms with E-state index in [1.165, 1.54) is 0 Å². The standard InChI is InChI=1S/C21H20ClNO2/c1-3-25-20-13-17-9-5-4-8-16(17)12-19(20)21(24)23(2)14-15-7-6-10-18(22)11-15/h4-13H,3,14H2,1-2H3. The summed E-state index contributed by atoms with van der Waals surface area (Å²) in [5, 5.41) is 2.74. The van der Waals surface area contributed by atoms with Crippen molar-refractivity contribution in [2.45, 2.75) is 13.5 Å². The number of halogens is 1. The van der Waals surface area contributed by atoms with Crippen molar-refractivity contribution >= 4 is 28.3 Å². The highest BCUT2D eigenvalue weighted by Gasteiger charge is 2.18. The van der Waals surface area contributed by atoms with Gasteiger partial charge in [0.2, 0.25) is 0 Å². The second-order valence-electron chi connectivity index (χ2n) is 5.92. The minimum absolute atomic E-state index is 0.0748. The van der Waals surface area contributed by atoms with E-state index in [9.17, 15) is 4.79 Å². The molecule has 0 aliphatic carbocycles. The van der Waals surface area contributed by atoms with E-state index in [-0.39, 0.29) is 5.91 Å². The molecule has 3 aromatic carbocycles. The minimum atomic E-state index is -0.0748. The summed E-state index contributed by atoms with van der Waals surface area (Å²) < 4.78 is 5.72. The Hall–Kier alpha value is -2.52. The Morgan fingerprint density at radius 2 is 1.76 bits per heavy atom. The minimum Gasteiger partial charge on any atom is -0.493 e. The maximum absolute atomic E-state index is 13.0. The van der Waals surface area contributed by atoms with Crippen molar-refractivity contribution in [3.05, 3.63) is 76.8 Å². The smallest absolute Gasteiger partial charge is 0.257 e. The Labute approximate surface area is 152 Å². The Bertz CT molecular complexity index is 907. The van der Waals surface area contributed by atoms with E-state index in [0.717, 1.165) is 16.3 Å². The maximum atomic E-state index is 13.0. The summed E-state index contributed by atoms with van der Waals surface area (Å²) in [5.41, 5.74) is 1.56. The molecule has 0 unspecified atom stereocenters. The van der Waals surface area contributed by atoms with Gasteiger partial charge < -0.3 is 9.64 Å². The summed E-state index contributed by atoms with van der Waals surface area (Å²) in [6, 6.07) is 19.3. The Balaban J connectivity index is 1.93. The third kappa shape index (κ3) is 3.94. The summed E-state index contributed by atoms with van der Waals surface area (Å²) in [4.78, 5) is 14.7. The van der Waals surface area contributed by atoms with Gasteiger partial charge in [0, 0.05) is 18.6 Å². The van der Waals surface area contributed by atoms with Crippen molar-refractivity contribution in [3.63, 3.8) is 0 Å². The molecule has 3 rings (SSSR count). The van der Waals surface area contributed by atoms with E-state index in [1.807, 2.05) is 67.6 Å². The zero-order chi connectivity index (χ0) is 17.8. The monoisotopic (exact) mass is 353 g/mol. The van der Waals surface area contributed by atoms with Crippen LogP contribution in [0.2, 0.25) is 5.02 Å². The van der Waals surface area contributed by atoms with Crippen molar-refractivity contribution in [2.75, 3.05) is 13.7 Å². The SMILES string of the molecule is CCOc1cc2ccccc2cc1C(=O)N(C)Cc1cccc(Cl)c1. The molecule has 0 aliphatic heterocycles. The highest BCUT2D eigenvalue weighted by molar-refractivity contribution is 6.30. The molecule has 3 nitrogen and oxygen atoms in total. The normalized spacial score (nSPS) is 10.7. The van der Waals surface area contributed by atoms with Crippen LogP contribution in [0.3, 0.4) is 0 Å². The van der Waals surface area contributed by atoms with Gasteiger partial charge in [-0.15, -0.1) is 0 Å². The number of carbonyl (C=O) groups excluding carboxylic acids is 1.